The van der Waals surface area contributed by atoms with Crippen LogP contribution in [0.25, 0.3) is 5.69 Å². The molecule has 1 aromatic heterocycles. The smallest absolute Gasteiger partial charge is 0.434 e. The quantitative estimate of drug-likeness (QED) is 0.201. The van der Waals surface area contributed by atoms with Gasteiger partial charge in [-0.05, 0) is 37.1 Å². The normalized spacial score (nSPS) is 16.8. The van der Waals surface area contributed by atoms with Crippen molar-refractivity contribution < 1.29 is 40.3 Å². The van der Waals surface area contributed by atoms with Gasteiger partial charge >= 0.3 is 12.4 Å². The highest BCUT2D eigenvalue weighted by molar-refractivity contribution is 6.38. The van der Waals surface area contributed by atoms with E-state index in [1.54, 1.807) is 0 Å². The number of halogens is 7. The summed E-state index contributed by atoms with van der Waals surface area (Å²) in [5.41, 5.74) is -0.825. The van der Waals surface area contributed by atoms with E-state index in [-0.39, 0.29) is 46.8 Å². The number of nitrogens with zero attached hydrogens (tertiary/aromatic N) is 5. The lowest BCUT2D eigenvalue weighted by Crippen LogP contribution is -2.43. The first-order valence-electron chi connectivity index (χ1n) is 11.6. The van der Waals surface area contributed by atoms with Crippen molar-refractivity contribution in [3.8, 4) is 11.4 Å². The van der Waals surface area contributed by atoms with E-state index in [4.69, 9.17) is 10.6 Å². The van der Waals surface area contributed by atoms with Crippen LogP contribution in [0.2, 0.25) is 0 Å². The van der Waals surface area contributed by atoms with Crippen molar-refractivity contribution in [3.63, 3.8) is 0 Å². The van der Waals surface area contributed by atoms with Crippen molar-refractivity contribution in [2.75, 3.05) is 18.6 Å². The Morgan fingerprint density at radius 3 is 2.55 bits per heavy atom. The van der Waals surface area contributed by atoms with Gasteiger partial charge in [-0.2, -0.15) is 31.4 Å². The maximum Gasteiger partial charge on any atom is 0.434 e. The highest BCUT2D eigenvalue weighted by Gasteiger charge is 2.39. The van der Waals surface area contributed by atoms with Crippen molar-refractivity contribution in [1.82, 2.24) is 9.55 Å². The van der Waals surface area contributed by atoms with Crippen LogP contribution in [-0.4, -0.2) is 53.3 Å². The van der Waals surface area contributed by atoms with Crippen molar-refractivity contribution in [1.29, 1.82) is 0 Å². The average Bonchev–Trinajstić information content (AvgIpc) is 3.35. The molecule has 1 unspecified atom stereocenters. The van der Waals surface area contributed by atoms with Crippen LogP contribution in [0.3, 0.4) is 0 Å². The number of hydrogen-bond acceptors (Lipinski definition) is 6. The van der Waals surface area contributed by atoms with E-state index < -0.39 is 42.4 Å². The molecule has 1 amide bonds. The van der Waals surface area contributed by atoms with Crippen LogP contribution in [0.15, 0.2) is 59.0 Å². The number of ether oxygens (including phenoxy) is 1. The molecule has 15 heteroatoms. The summed E-state index contributed by atoms with van der Waals surface area (Å²) in [6.45, 7) is -1.63. The Morgan fingerprint density at radius 2 is 1.93 bits per heavy atom. The number of rotatable bonds is 6. The summed E-state index contributed by atoms with van der Waals surface area (Å²) >= 11 is 0. The Kier molecular flexibility index (Phi) is 7.84. The van der Waals surface area contributed by atoms with Gasteiger partial charge in [-0.1, -0.05) is 12.1 Å². The predicted molar refractivity (Wildman–Crippen MR) is 131 cm³/mol. The lowest BCUT2D eigenvalue weighted by molar-refractivity contribution is -0.141. The summed E-state index contributed by atoms with van der Waals surface area (Å²) in [7, 11) is 1.29. The minimum absolute atomic E-state index is 0.00502. The molecular formula is C25H21F7N6O2. The Hall–Kier alpha value is -4.43. The fourth-order valence-electron chi connectivity index (χ4n) is 4.23. The third kappa shape index (κ3) is 6.07. The molecular weight excluding hydrogens is 549 g/mol. The number of fused-ring (bicyclic) bond motifs is 1. The number of benzene rings is 2. The van der Waals surface area contributed by atoms with Gasteiger partial charge in [0.1, 0.15) is 29.9 Å². The van der Waals surface area contributed by atoms with Gasteiger partial charge in [0.25, 0.3) is 5.91 Å². The highest BCUT2D eigenvalue weighted by Crippen LogP contribution is 2.33. The highest BCUT2D eigenvalue weighted by atomic mass is 19.4. The maximum absolute atomic E-state index is 14.4. The van der Waals surface area contributed by atoms with Crippen molar-refractivity contribution in [2.45, 2.75) is 31.2 Å². The number of carbonyl (C=O) groups excluding carboxylic acids is 1. The molecule has 1 atom stereocenters. The van der Waals surface area contributed by atoms with Gasteiger partial charge in [0.05, 0.1) is 31.0 Å². The van der Waals surface area contributed by atoms with Gasteiger partial charge < -0.3 is 20.0 Å². The Morgan fingerprint density at radius 1 is 1.18 bits per heavy atom. The Bertz CT molecular complexity index is 1460. The van der Waals surface area contributed by atoms with Crippen molar-refractivity contribution >= 4 is 23.5 Å². The van der Waals surface area contributed by atoms with E-state index in [9.17, 15) is 35.5 Å². The van der Waals surface area contributed by atoms with Gasteiger partial charge in [0, 0.05) is 17.3 Å². The number of hydrazone groups is 1. The van der Waals surface area contributed by atoms with Crippen LogP contribution < -0.4 is 15.5 Å². The number of anilines is 1. The molecule has 0 spiro atoms. The number of nitrogens with two attached hydrogens (primary N) is 1. The lowest BCUT2D eigenvalue weighted by Gasteiger charge is -2.25. The molecule has 40 heavy (non-hydrogen) atoms. The van der Waals surface area contributed by atoms with Gasteiger partial charge in [-0.25, -0.2) is 9.37 Å². The number of alkyl halides is 6. The number of hydrogen-bond donors (Lipinski definition) is 1. The molecule has 4 rings (SSSR count). The van der Waals surface area contributed by atoms with Crippen LogP contribution >= 0.6 is 0 Å². The number of aliphatic imine (C=N–C) groups is 1. The monoisotopic (exact) mass is 570 g/mol. The molecule has 0 radical (unpaired) electrons. The van der Waals surface area contributed by atoms with Crippen molar-refractivity contribution in [2.24, 2.45) is 15.9 Å². The van der Waals surface area contributed by atoms with E-state index in [1.165, 1.54) is 37.4 Å². The summed E-state index contributed by atoms with van der Waals surface area (Å²) in [6.07, 6.45) is -6.70. The van der Waals surface area contributed by atoms with Crippen LogP contribution in [0, 0.1) is 5.82 Å². The summed E-state index contributed by atoms with van der Waals surface area (Å²) in [4.78, 5) is 21.1. The maximum atomic E-state index is 14.4. The van der Waals surface area contributed by atoms with Gasteiger partial charge in [0.15, 0.2) is 5.69 Å². The molecule has 1 aliphatic rings. The third-order valence-corrected chi connectivity index (χ3v) is 6.08. The molecule has 212 valence electrons. The average molecular weight is 570 g/mol. The summed E-state index contributed by atoms with van der Waals surface area (Å²) < 4.78 is 99.6. The first-order valence-corrected chi connectivity index (χ1v) is 11.6. The molecule has 3 aromatic rings. The predicted octanol–water partition coefficient (Wildman–Crippen LogP) is 4.68. The van der Waals surface area contributed by atoms with E-state index in [0.29, 0.717) is 4.90 Å². The molecule has 0 bridgehead atoms. The Labute approximate surface area is 222 Å². The van der Waals surface area contributed by atoms with Gasteiger partial charge in [-0.3, -0.25) is 9.79 Å². The summed E-state index contributed by atoms with van der Waals surface area (Å²) in [6, 6.07) is 6.51. The van der Waals surface area contributed by atoms with Gasteiger partial charge in [0.2, 0.25) is 0 Å². The lowest BCUT2D eigenvalue weighted by atomic mass is 10.1. The topological polar surface area (TPSA) is 98.1 Å². The molecule has 2 aromatic carbocycles. The van der Waals surface area contributed by atoms with Crippen LogP contribution in [0.1, 0.15) is 23.2 Å². The molecule has 2 heterocycles. The Balaban J connectivity index is 1.62. The molecule has 1 aliphatic heterocycles. The largest absolute Gasteiger partial charge is 0.495 e. The first-order chi connectivity index (χ1) is 18.8. The second-order valence-electron chi connectivity index (χ2n) is 8.67. The number of carbonyl (C=O) groups is 1. The fraction of sp³-hybridized carbons (Fsp3) is 0.280. The number of aromatic nitrogens is 2. The zero-order valence-corrected chi connectivity index (χ0v) is 20.7. The molecule has 2 N–H and O–H groups in total. The van der Waals surface area contributed by atoms with E-state index in [2.05, 4.69) is 15.1 Å². The zero-order chi connectivity index (χ0) is 29.2. The first kappa shape index (κ1) is 28.6. The van der Waals surface area contributed by atoms with E-state index in [0.717, 1.165) is 29.4 Å². The van der Waals surface area contributed by atoms with Gasteiger partial charge in [-0.15, -0.1) is 0 Å². The van der Waals surface area contributed by atoms with Crippen LogP contribution in [0.4, 0.5) is 36.4 Å². The third-order valence-electron chi connectivity index (χ3n) is 6.08. The van der Waals surface area contributed by atoms with Crippen LogP contribution in [-0.2, 0) is 17.4 Å². The SMILES string of the molecule is COc1cc(C(C=NC2CCc3c(F)cccc3N(CC(F)(F)F)C2=O)=NN)ccc1-n1cnc(C(F)(F)F)c1. The number of imidazole rings is 1. The minimum atomic E-state index is -4.75. The molecule has 8 nitrogen and oxygen atoms in total. The molecule has 0 saturated heterocycles. The molecule has 0 fully saturated rings. The fourth-order valence-corrected chi connectivity index (χ4v) is 4.23. The molecule has 0 saturated carbocycles. The van der Waals surface area contributed by atoms with Crippen LogP contribution in [0.5, 0.6) is 5.75 Å². The minimum Gasteiger partial charge on any atom is -0.495 e. The van der Waals surface area contributed by atoms with Crippen molar-refractivity contribution in [3.05, 3.63) is 71.6 Å². The standard InChI is InChI=1S/C25H21F7N6O2/c1-40-21-9-14(5-8-20(21)37-11-22(35-13-37)25(30,31)32)18(36-33)10-34-17-7-6-15-16(26)3-2-4-19(15)38(23(17)39)12-24(27,28)29/h2-5,8-11,13,17H,6-7,12,33H2,1H3. The molecule has 0 aliphatic carbocycles. The number of methoxy groups -OCH3 is 1. The second-order valence-corrected chi connectivity index (χ2v) is 8.67. The zero-order valence-electron chi connectivity index (χ0n) is 20.7. The van der Waals surface area contributed by atoms with E-state index >= 15 is 0 Å². The summed E-state index contributed by atoms with van der Waals surface area (Å²) in [5, 5.41) is 3.62. The number of amides is 1. The second kappa shape index (κ2) is 11.0. The summed E-state index contributed by atoms with van der Waals surface area (Å²) in [5.74, 6) is 3.90. The van der Waals surface area contributed by atoms with E-state index in [1.807, 2.05) is 0 Å².